The van der Waals surface area contributed by atoms with Crippen LogP contribution in [0.2, 0.25) is 0 Å². The van der Waals surface area contributed by atoms with Gasteiger partial charge in [-0.1, -0.05) is 0 Å². The quantitative estimate of drug-likeness (QED) is 0.604. The van der Waals surface area contributed by atoms with Gasteiger partial charge in [-0.2, -0.15) is 5.10 Å². The highest BCUT2D eigenvalue weighted by Crippen LogP contribution is 2.42. The lowest BCUT2D eigenvalue weighted by Gasteiger charge is -2.20. The van der Waals surface area contributed by atoms with Gasteiger partial charge in [-0.25, -0.2) is 9.67 Å². The van der Waals surface area contributed by atoms with Crippen LogP contribution in [0.25, 0.3) is 5.82 Å². The van der Waals surface area contributed by atoms with E-state index in [0.717, 1.165) is 0 Å². The number of benzene rings is 1. The third kappa shape index (κ3) is 3.94. The normalized spacial score (nSPS) is 15.5. The standard InChI is InChI=1S/C22H23N5O5/c1-30-17-11-15(12-18(31-2)20(17)32-3)26-13-14(10-19(26)28)22(29)25-16-6-4-7-23-21(16)27-9-5-8-24-27/h4-9,11-12,14H,10,13H2,1-3H3,(H,25,29)/t14-/m1/s1. The minimum absolute atomic E-state index is 0.0832. The summed E-state index contributed by atoms with van der Waals surface area (Å²) in [5.74, 6) is 0.822. The fourth-order valence-corrected chi connectivity index (χ4v) is 3.66. The zero-order valence-electron chi connectivity index (χ0n) is 17.9. The summed E-state index contributed by atoms with van der Waals surface area (Å²) >= 11 is 0. The summed E-state index contributed by atoms with van der Waals surface area (Å²) in [6.45, 7) is 0.223. The second-order valence-corrected chi connectivity index (χ2v) is 7.10. The van der Waals surface area contributed by atoms with Crippen molar-refractivity contribution in [2.24, 2.45) is 5.92 Å². The van der Waals surface area contributed by atoms with Crippen LogP contribution in [0.3, 0.4) is 0 Å². The number of nitrogens with zero attached hydrogens (tertiary/aromatic N) is 4. The maximum Gasteiger partial charge on any atom is 0.229 e. The molecular weight excluding hydrogens is 414 g/mol. The van der Waals surface area contributed by atoms with E-state index in [-0.39, 0.29) is 24.8 Å². The Balaban J connectivity index is 1.54. The summed E-state index contributed by atoms with van der Waals surface area (Å²) in [4.78, 5) is 31.6. The third-order valence-electron chi connectivity index (χ3n) is 5.22. The number of amides is 2. The summed E-state index contributed by atoms with van der Waals surface area (Å²) in [6.07, 6.45) is 5.08. The van der Waals surface area contributed by atoms with Crippen molar-refractivity contribution >= 4 is 23.2 Å². The number of anilines is 2. The van der Waals surface area contributed by atoms with Crippen LogP contribution in [-0.4, -0.2) is 54.5 Å². The number of carbonyl (C=O) groups is 2. The van der Waals surface area contributed by atoms with Gasteiger partial charge in [-0.15, -0.1) is 0 Å². The van der Waals surface area contributed by atoms with E-state index >= 15 is 0 Å². The largest absolute Gasteiger partial charge is 0.493 e. The molecule has 10 heteroatoms. The number of methoxy groups -OCH3 is 3. The molecule has 0 saturated carbocycles. The second-order valence-electron chi connectivity index (χ2n) is 7.10. The highest BCUT2D eigenvalue weighted by atomic mass is 16.5. The molecule has 0 radical (unpaired) electrons. The molecule has 1 N–H and O–H groups in total. The molecule has 0 bridgehead atoms. The Labute approximate surface area is 184 Å². The van der Waals surface area contributed by atoms with Crippen LogP contribution in [0.5, 0.6) is 17.2 Å². The Morgan fingerprint density at radius 1 is 1.09 bits per heavy atom. The number of nitrogens with one attached hydrogen (secondary N) is 1. The highest BCUT2D eigenvalue weighted by molar-refractivity contribution is 6.04. The lowest BCUT2D eigenvalue weighted by atomic mass is 10.1. The third-order valence-corrected chi connectivity index (χ3v) is 5.22. The first kappa shape index (κ1) is 21.2. The van der Waals surface area contributed by atoms with E-state index in [1.54, 1.807) is 58.5 Å². The average Bonchev–Trinajstić information content (AvgIpc) is 3.48. The van der Waals surface area contributed by atoms with E-state index in [1.807, 2.05) is 0 Å². The predicted molar refractivity (Wildman–Crippen MR) is 117 cm³/mol. The van der Waals surface area contributed by atoms with Crippen molar-refractivity contribution in [3.8, 4) is 23.1 Å². The molecule has 0 unspecified atom stereocenters. The molecule has 1 aliphatic heterocycles. The number of hydrogen-bond donors (Lipinski definition) is 1. The molecule has 166 valence electrons. The van der Waals surface area contributed by atoms with Gasteiger partial charge in [-0.05, 0) is 18.2 Å². The molecule has 32 heavy (non-hydrogen) atoms. The number of aromatic nitrogens is 3. The number of carbonyl (C=O) groups excluding carboxylic acids is 2. The summed E-state index contributed by atoms with van der Waals surface area (Å²) in [6, 6.07) is 8.62. The van der Waals surface area contributed by atoms with Crippen LogP contribution >= 0.6 is 0 Å². The van der Waals surface area contributed by atoms with Crippen molar-refractivity contribution in [1.82, 2.24) is 14.8 Å². The van der Waals surface area contributed by atoms with Gasteiger partial charge < -0.3 is 24.4 Å². The van der Waals surface area contributed by atoms with Gasteiger partial charge in [0, 0.05) is 43.7 Å². The van der Waals surface area contributed by atoms with Crippen molar-refractivity contribution < 1.29 is 23.8 Å². The van der Waals surface area contributed by atoms with E-state index in [2.05, 4.69) is 15.4 Å². The van der Waals surface area contributed by atoms with Crippen molar-refractivity contribution in [2.75, 3.05) is 38.1 Å². The lowest BCUT2D eigenvalue weighted by Crippen LogP contribution is -2.28. The molecule has 2 aromatic heterocycles. The van der Waals surface area contributed by atoms with Crippen LogP contribution in [0.4, 0.5) is 11.4 Å². The Morgan fingerprint density at radius 3 is 2.47 bits per heavy atom. The maximum absolute atomic E-state index is 13.0. The topological polar surface area (TPSA) is 108 Å². The summed E-state index contributed by atoms with van der Waals surface area (Å²) in [7, 11) is 4.53. The smallest absolute Gasteiger partial charge is 0.229 e. The summed E-state index contributed by atoms with van der Waals surface area (Å²) in [5, 5.41) is 7.06. The van der Waals surface area contributed by atoms with E-state index in [0.29, 0.717) is 34.4 Å². The van der Waals surface area contributed by atoms with Gasteiger partial charge in [0.2, 0.25) is 17.6 Å². The summed E-state index contributed by atoms with van der Waals surface area (Å²) < 4.78 is 17.7. The Hall–Kier alpha value is -4.08. The number of rotatable bonds is 7. The zero-order valence-corrected chi connectivity index (χ0v) is 17.9. The first-order chi connectivity index (χ1) is 15.5. The molecule has 3 aromatic rings. The van der Waals surface area contributed by atoms with Crippen molar-refractivity contribution in [3.05, 3.63) is 48.9 Å². The molecule has 0 aliphatic carbocycles. The zero-order chi connectivity index (χ0) is 22.7. The van der Waals surface area contributed by atoms with Gasteiger partial charge in [0.05, 0.1) is 38.6 Å². The lowest BCUT2D eigenvalue weighted by molar-refractivity contribution is -0.122. The van der Waals surface area contributed by atoms with E-state index in [9.17, 15) is 9.59 Å². The van der Waals surface area contributed by atoms with Crippen LogP contribution in [0.15, 0.2) is 48.9 Å². The molecule has 1 atom stereocenters. The molecule has 1 aromatic carbocycles. The minimum Gasteiger partial charge on any atom is -0.493 e. The van der Waals surface area contributed by atoms with E-state index < -0.39 is 5.92 Å². The fourth-order valence-electron chi connectivity index (χ4n) is 3.66. The molecule has 10 nitrogen and oxygen atoms in total. The van der Waals surface area contributed by atoms with Crippen LogP contribution < -0.4 is 24.4 Å². The van der Waals surface area contributed by atoms with Gasteiger partial charge in [-0.3, -0.25) is 9.59 Å². The van der Waals surface area contributed by atoms with Gasteiger partial charge >= 0.3 is 0 Å². The van der Waals surface area contributed by atoms with Gasteiger partial charge in [0.15, 0.2) is 17.3 Å². The van der Waals surface area contributed by atoms with Crippen LogP contribution in [0.1, 0.15) is 6.42 Å². The van der Waals surface area contributed by atoms with Crippen molar-refractivity contribution in [3.63, 3.8) is 0 Å². The van der Waals surface area contributed by atoms with Gasteiger partial charge in [0.1, 0.15) is 0 Å². The molecule has 4 rings (SSSR count). The first-order valence-corrected chi connectivity index (χ1v) is 9.92. The second kappa shape index (κ2) is 8.96. The number of ether oxygens (including phenoxy) is 3. The first-order valence-electron chi connectivity index (χ1n) is 9.92. The molecule has 3 heterocycles. The number of pyridine rings is 1. The summed E-state index contributed by atoms with van der Waals surface area (Å²) in [5.41, 5.74) is 1.08. The molecule has 1 aliphatic rings. The minimum atomic E-state index is -0.535. The highest BCUT2D eigenvalue weighted by Gasteiger charge is 2.36. The molecule has 1 fully saturated rings. The molecule has 1 saturated heterocycles. The van der Waals surface area contributed by atoms with Crippen LogP contribution in [0, 0.1) is 5.92 Å². The fraction of sp³-hybridized carbons (Fsp3) is 0.273. The molecular formula is C22H23N5O5. The average molecular weight is 437 g/mol. The van der Waals surface area contributed by atoms with E-state index in [4.69, 9.17) is 14.2 Å². The molecule has 2 amide bonds. The van der Waals surface area contributed by atoms with Crippen molar-refractivity contribution in [2.45, 2.75) is 6.42 Å². The SMILES string of the molecule is COc1cc(N2C[C@H](C(=O)Nc3cccnc3-n3cccn3)CC2=O)cc(OC)c1OC. The Bertz CT molecular complexity index is 1110. The monoisotopic (exact) mass is 437 g/mol. The Kier molecular flexibility index (Phi) is 5.93. The predicted octanol–water partition coefficient (Wildman–Crippen LogP) is 2.28. The Morgan fingerprint density at radius 2 is 1.84 bits per heavy atom. The maximum atomic E-state index is 13.0. The molecule has 0 spiro atoms. The number of hydrogen-bond acceptors (Lipinski definition) is 7. The van der Waals surface area contributed by atoms with Crippen molar-refractivity contribution in [1.29, 1.82) is 0 Å². The van der Waals surface area contributed by atoms with Gasteiger partial charge in [0.25, 0.3) is 0 Å². The van der Waals surface area contributed by atoms with Crippen LogP contribution in [-0.2, 0) is 9.59 Å². The van der Waals surface area contributed by atoms with E-state index in [1.165, 1.54) is 21.3 Å².